The smallest absolute Gasteiger partial charge is 0.337 e. The molecule has 0 N–H and O–H groups in total. The first-order valence-electron chi connectivity index (χ1n) is 6.72. The first-order chi connectivity index (χ1) is 10.8. The van der Waals surface area contributed by atoms with Gasteiger partial charge in [0.05, 0.1) is 31.2 Å². The van der Waals surface area contributed by atoms with Crippen LogP contribution in [0.15, 0.2) is 53.0 Å². The van der Waals surface area contributed by atoms with E-state index in [2.05, 4.69) is 20.7 Å². The summed E-state index contributed by atoms with van der Waals surface area (Å²) in [6, 6.07) is 13.7. The van der Waals surface area contributed by atoms with Crippen molar-refractivity contribution in [3.8, 4) is 0 Å². The van der Waals surface area contributed by atoms with E-state index in [1.54, 1.807) is 24.3 Å². The van der Waals surface area contributed by atoms with Gasteiger partial charge in [0.2, 0.25) is 10.0 Å². The summed E-state index contributed by atoms with van der Waals surface area (Å²) in [5.74, 6) is -0.463. The van der Waals surface area contributed by atoms with Crippen LogP contribution >= 0.6 is 15.9 Å². The fraction of sp³-hybridized carbons (Fsp3) is 0.188. The van der Waals surface area contributed by atoms with Gasteiger partial charge in [0.1, 0.15) is 0 Å². The van der Waals surface area contributed by atoms with Gasteiger partial charge in [-0.1, -0.05) is 28.1 Å². The molecule has 7 heteroatoms. The van der Waals surface area contributed by atoms with E-state index in [4.69, 9.17) is 0 Å². The third-order valence-corrected chi connectivity index (χ3v) is 4.83. The van der Waals surface area contributed by atoms with Gasteiger partial charge in [0.15, 0.2) is 0 Å². The Bertz CT molecular complexity index is 803. The van der Waals surface area contributed by atoms with Crippen LogP contribution in [0.3, 0.4) is 0 Å². The number of halogens is 1. The Morgan fingerprint density at radius 3 is 2.35 bits per heavy atom. The van der Waals surface area contributed by atoms with E-state index >= 15 is 0 Å². The zero-order valence-electron chi connectivity index (χ0n) is 12.7. The molecule has 23 heavy (non-hydrogen) atoms. The summed E-state index contributed by atoms with van der Waals surface area (Å²) < 4.78 is 31.0. The minimum atomic E-state index is -3.47. The van der Waals surface area contributed by atoms with Crippen LogP contribution in [-0.2, 0) is 21.3 Å². The van der Waals surface area contributed by atoms with Gasteiger partial charge in [-0.25, -0.2) is 13.2 Å². The lowest BCUT2D eigenvalue weighted by Gasteiger charge is -2.22. The Morgan fingerprint density at radius 1 is 1.17 bits per heavy atom. The average molecular weight is 398 g/mol. The second-order valence-electron chi connectivity index (χ2n) is 4.94. The minimum Gasteiger partial charge on any atom is -0.465 e. The van der Waals surface area contributed by atoms with Crippen LogP contribution < -0.4 is 4.31 Å². The molecule has 0 fully saturated rings. The van der Waals surface area contributed by atoms with Gasteiger partial charge in [-0.15, -0.1) is 0 Å². The Balaban J connectivity index is 2.34. The lowest BCUT2D eigenvalue weighted by atomic mass is 10.2. The van der Waals surface area contributed by atoms with Gasteiger partial charge < -0.3 is 4.74 Å². The molecule has 0 spiro atoms. The zero-order chi connectivity index (χ0) is 17.0. The first-order valence-corrected chi connectivity index (χ1v) is 9.36. The lowest BCUT2D eigenvalue weighted by molar-refractivity contribution is 0.0601. The number of sulfonamides is 1. The Kier molecular flexibility index (Phi) is 5.43. The van der Waals surface area contributed by atoms with Gasteiger partial charge >= 0.3 is 5.97 Å². The molecule has 0 saturated carbocycles. The van der Waals surface area contributed by atoms with E-state index < -0.39 is 16.0 Å². The predicted octanol–water partition coefficient (Wildman–Crippen LogP) is 3.20. The number of rotatable bonds is 5. The van der Waals surface area contributed by atoms with Gasteiger partial charge in [0, 0.05) is 4.47 Å². The maximum Gasteiger partial charge on any atom is 0.337 e. The molecule has 2 rings (SSSR count). The number of methoxy groups -OCH3 is 1. The molecule has 0 amide bonds. The molecule has 5 nitrogen and oxygen atoms in total. The topological polar surface area (TPSA) is 63.7 Å². The highest BCUT2D eigenvalue weighted by molar-refractivity contribution is 9.10. The second-order valence-corrected chi connectivity index (χ2v) is 7.76. The third-order valence-electron chi connectivity index (χ3n) is 3.19. The molecule has 0 saturated heterocycles. The molecule has 2 aromatic carbocycles. The fourth-order valence-electron chi connectivity index (χ4n) is 2.08. The molecule has 0 heterocycles. The van der Waals surface area contributed by atoms with Crippen molar-refractivity contribution in [3.63, 3.8) is 0 Å². The zero-order valence-corrected chi connectivity index (χ0v) is 15.1. The highest BCUT2D eigenvalue weighted by Crippen LogP contribution is 2.22. The number of hydrogen-bond donors (Lipinski definition) is 0. The number of esters is 1. The minimum absolute atomic E-state index is 0.204. The highest BCUT2D eigenvalue weighted by atomic mass is 79.9. The lowest BCUT2D eigenvalue weighted by Crippen LogP contribution is -2.29. The molecule has 0 aliphatic heterocycles. The molecule has 0 bridgehead atoms. The van der Waals surface area contributed by atoms with E-state index in [0.717, 1.165) is 16.3 Å². The monoisotopic (exact) mass is 397 g/mol. The summed E-state index contributed by atoms with van der Waals surface area (Å²) in [6.07, 6.45) is 1.15. The van der Waals surface area contributed by atoms with Gasteiger partial charge in [-0.3, -0.25) is 4.31 Å². The fourth-order valence-corrected chi connectivity index (χ4v) is 3.42. The molecular weight excluding hydrogens is 382 g/mol. The van der Waals surface area contributed by atoms with Crippen molar-refractivity contribution in [1.29, 1.82) is 0 Å². The van der Waals surface area contributed by atoms with Crippen molar-refractivity contribution in [1.82, 2.24) is 0 Å². The Labute approximate surface area is 144 Å². The average Bonchev–Trinajstić information content (AvgIpc) is 2.51. The van der Waals surface area contributed by atoms with Crippen LogP contribution in [0.5, 0.6) is 0 Å². The predicted molar refractivity (Wildman–Crippen MR) is 93.0 cm³/mol. The Morgan fingerprint density at radius 2 is 1.83 bits per heavy atom. The molecular formula is C16H16BrNO4S. The van der Waals surface area contributed by atoms with Gasteiger partial charge in [0.25, 0.3) is 0 Å². The van der Waals surface area contributed by atoms with Crippen molar-refractivity contribution in [2.24, 2.45) is 0 Å². The number of ether oxygens (including phenoxy) is 1. The van der Waals surface area contributed by atoms with Gasteiger partial charge in [-0.05, 0) is 42.0 Å². The standard InChI is InChI=1S/C16H16BrNO4S/c1-22-16(19)13-6-8-15(9-7-13)18(23(2,20)21)11-12-4-3-5-14(17)10-12/h3-10H,11H2,1-2H3. The van der Waals surface area contributed by atoms with Crippen LogP contribution in [0.25, 0.3) is 0 Å². The van der Waals surface area contributed by atoms with E-state index in [9.17, 15) is 13.2 Å². The normalized spacial score (nSPS) is 11.1. The van der Waals surface area contributed by atoms with E-state index in [0.29, 0.717) is 11.3 Å². The molecule has 122 valence electrons. The first kappa shape index (κ1) is 17.5. The number of hydrogen-bond acceptors (Lipinski definition) is 4. The summed E-state index contributed by atoms with van der Waals surface area (Å²) >= 11 is 3.37. The Hall–Kier alpha value is -1.86. The van der Waals surface area contributed by atoms with Crippen LogP contribution in [0.4, 0.5) is 5.69 Å². The SMILES string of the molecule is COC(=O)c1ccc(N(Cc2cccc(Br)c2)S(C)(=O)=O)cc1. The number of nitrogens with zero attached hydrogens (tertiary/aromatic N) is 1. The van der Waals surface area contributed by atoms with Crippen molar-refractivity contribution < 1.29 is 17.9 Å². The summed E-state index contributed by atoms with van der Waals surface area (Å²) in [5, 5.41) is 0. The van der Waals surface area contributed by atoms with E-state index in [-0.39, 0.29) is 6.54 Å². The molecule has 0 radical (unpaired) electrons. The van der Waals surface area contributed by atoms with Crippen LogP contribution in [0.2, 0.25) is 0 Å². The molecule has 0 atom stereocenters. The van der Waals surface area contributed by atoms with Crippen molar-refractivity contribution in [2.75, 3.05) is 17.7 Å². The number of carbonyl (C=O) groups excluding carboxylic acids is 1. The molecule has 0 aliphatic rings. The maximum absolute atomic E-state index is 12.1. The van der Waals surface area contributed by atoms with Crippen molar-refractivity contribution >= 4 is 37.6 Å². The maximum atomic E-state index is 12.1. The molecule has 0 aliphatic carbocycles. The van der Waals surface area contributed by atoms with E-state index in [1.807, 2.05) is 24.3 Å². The summed E-state index contributed by atoms with van der Waals surface area (Å²) in [6.45, 7) is 0.204. The molecule has 0 aromatic heterocycles. The summed E-state index contributed by atoms with van der Waals surface area (Å²) in [4.78, 5) is 11.5. The van der Waals surface area contributed by atoms with Crippen molar-refractivity contribution in [2.45, 2.75) is 6.54 Å². The largest absolute Gasteiger partial charge is 0.465 e. The van der Waals surface area contributed by atoms with Crippen LogP contribution in [0, 0.1) is 0 Å². The quantitative estimate of drug-likeness (QED) is 0.726. The van der Waals surface area contributed by atoms with Crippen LogP contribution in [-0.4, -0.2) is 27.8 Å². The highest BCUT2D eigenvalue weighted by Gasteiger charge is 2.18. The molecule has 2 aromatic rings. The van der Waals surface area contributed by atoms with Crippen LogP contribution in [0.1, 0.15) is 15.9 Å². The second kappa shape index (κ2) is 7.14. The molecule has 0 unspecified atom stereocenters. The third kappa shape index (κ3) is 4.56. The van der Waals surface area contributed by atoms with Gasteiger partial charge in [-0.2, -0.15) is 0 Å². The summed E-state index contributed by atoms with van der Waals surface area (Å²) in [5.41, 5.74) is 1.70. The van der Waals surface area contributed by atoms with Crippen molar-refractivity contribution in [3.05, 3.63) is 64.1 Å². The number of anilines is 1. The van der Waals surface area contributed by atoms with E-state index in [1.165, 1.54) is 11.4 Å². The number of carbonyl (C=O) groups is 1. The number of benzene rings is 2. The summed E-state index contributed by atoms with van der Waals surface area (Å²) in [7, 11) is -2.17.